The van der Waals surface area contributed by atoms with Crippen LogP contribution in [0.3, 0.4) is 0 Å². The Morgan fingerprint density at radius 2 is 1.31 bits per heavy atom. The number of benzene rings is 5. The van der Waals surface area contributed by atoms with Crippen LogP contribution in [0.15, 0.2) is 144 Å². The first-order valence-electron chi connectivity index (χ1n) is 15.3. The van der Waals surface area contributed by atoms with Crippen molar-refractivity contribution in [2.24, 2.45) is 0 Å². The summed E-state index contributed by atoms with van der Waals surface area (Å²) in [5.41, 5.74) is 3.19. The van der Waals surface area contributed by atoms with Crippen molar-refractivity contribution in [3.8, 4) is 0 Å². The van der Waals surface area contributed by atoms with Gasteiger partial charge in [0, 0.05) is 26.9 Å². The summed E-state index contributed by atoms with van der Waals surface area (Å²) in [5, 5.41) is 8.31. The Labute approximate surface area is 293 Å². The maximum absolute atomic E-state index is 13.6. The summed E-state index contributed by atoms with van der Waals surface area (Å²) in [7, 11) is 0. The number of hydrogen-bond acceptors (Lipinski definition) is 6. The number of esters is 1. The molecule has 8 nitrogen and oxygen atoms in total. The second-order valence-electron chi connectivity index (χ2n) is 10.6. The molecular formula is C39H32ClN3O5S. The molecule has 1 unspecified atom stereocenters. The van der Waals surface area contributed by atoms with E-state index in [4.69, 9.17) is 16.3 Å². The van der Waals surface area contributed by atoms with E-state index in [1.807, 2.05) is 30.3 Å². The van der Waals surface area contributed by atoms with Gasteiger partial charge in [-0.05, 0) is 90.9 Å². The first-order valence-corrected chi connectivity index (χ1v) is 16.6. The minimum Gasteiger partial charge on any atom is -0.462 e. The molecule has 3 N–H and O–H groups in total. The molecule has 0 aliphatic rings. The maximum Gasteiger partial charge on any atom is 0.338 e. The van der Waals surface area contributed by atoms with Crippen molar-refractivity contribution >= 4 is 64.5 Å². The third-order valence-electron chi connectivity index (χ3n) is 7.10. The lowest BCUT2D eigenvalue weighted by Crippen LogP contribution is -2.30. The lowest BCUT2D eigenvalue weighted by atomic mass is 10.1. The van der Waals surface area contributed by atoms with Gasteiger partial charge in [0.2, 0.25) is 5.91 Å². The number of thioether (sulfide) groups is 1. The molecule has 0 fully saturated rings. The van der Waals surface area contributed by atoms with Crippen molar-refractivity contribution < 1.29 is 23.9 Å². The van der Waals surface area contributed by atoms with Gasteiger partial charge in [0.05, 0.1) is 12.2 Å². The van der Waals surface area contributed by atoms with Crippen molar-refractivity contribution in [1.29, 1.82) is 0 Å². The number of anilines is 2. The van der Waals surface area contributed by atoms with Crippen LogP contribution >= 0.6 is 23.4 Å². The summed E-state index contributed by atoms with van der Waals surface area (Å²) in [4.78, 5) is 52.8. The molecule has 0 aliphatic heterocycles. The second-order valence-corrected chi connectivity index (χ2v) is 12.2. The Bertz CT molecular complexity index is 1950. The van der Waals surface area contributed by atoms with Crippen LogP contribution in [0.5, 0.6) is 0 Å². The minimum absolute atomic E-state index is 0.0107. The molecule has 3 amide bonds. The molecule has 0 bridgehead atoms. The van der Waals surface area contributed by atoms with E-state index in [9.17, 15) is 19.2 Å². The van der Waals surface area contributed by atoms with E-state index >= 15 is 0 Å². The Kier molecular flexibility index (Phi) is 12.0. The molecule has 246 valence electrons. The van der Waals surface area contributed by atoms with E-state index < -0.39 is 23.0 Å². The monoisotopic (exact) mass is 689 g/mol. The van der Waals surface area contributed by atoms with Crippen LogP contribution in [-0.4, -0.2) is 30.3 Å². The Hall–Kier alpha value is -5.64. The van der Waals surface area contributed by atoms with Crippen LogP contribution in [0, 0.1) is 0 Å². The lowest BCUT2D eigenvalue weighted by molar-refractivity contribution is -0.116. The van der Waals surface area contributed by atoms with Crippen molar-refractivity contribution in [1.82, 2.24) is 5.32 Å². The predicted molar refractivity (Wildman–Crippen MR) is 194 cm³/mol. The normalized spacial score (nSPS) is 11.6. The number of ether oxygens (including phenoxy) is 1. The van der Waals surface area contributed by atoms with Crippen molar-refractivity contribution in [2.45, 2.75) is 17.1 Å². The quantitative estimate of drug-likeness (QED) is 0.0689. The van der Waals surface area contributed by atoms with Gasteiger partial charge in [-0.2, -0.15) is 0 Å². The molecule has 5 rings (SSSR count). The SMILES string of the molecule is CCOC(=O)c1ccc(NC(=O)C(Sc2ccc(NC(=O)/C(=C/c3ccccc3Cl)NC(=O)c3ccccc3)cc2)c2ccccc2)cc1. The van der Waals surface area contributed by atoms with E-state index in [2.05, 4.69) is 16.0 Å². The van der Waals surface area contributed by atoms with Gasteiger partial charge < -0.3 is 20.7 Å². The molecular weight excluding hydrogens is 658 g/mol. The van der Waals surface area contributed by atoms with Gasteiger partial charge in [0.1, 0.15) is 10.9 Å². The topological polar surface area (TPSA) is 114 Å². The lowest BCUT2D eigenvalue weighted by Gasteiger charge is -2.18. The van der Waals surface area contributed by atoms with Crippen molar-refractivity contribution in [3.05, 3.63) is 166 Å². The molecule has 49 heavy (non-hydrogen) atoms. The highest BCUT2D eigenvalue weighted by atomic mass is 35.5. The number of rotatable bonds is 12. The van der Waals surface area contributed by atoms with Crippen LogP contribution in [0.2, 0.25) is 5.02 Å². The molecule has 0 heterocycles. The van der Waals surface area contributed by atoms with E-state index in [1.54, 1.807) is 110 Å². The zero-order chi connectivity index (χ0) is 34.6. The van der Waals surface area contributed by atoms with Crippen molar-refractivity contribution in [2.75, 3.05) is 17.2 Å². The van der Waals surface area contributed by atoms with Gasteiger partial charge in [0.25, 0.3) is 11.8 Å². The number of carbonyl (C=O) groups is 4. The summed E-state index contributed by atoms with van der Waals surface area (Å²) in [5.74, 6) is -1.66. The molecule has 0 radical (unpaired) electrons. The standard InChI is InChI=1S/C39H32ClN3O5S/c1-2-48-39(47)28-17-19-30(20-18-28)42-38(46)35(26-11-5-3-6-12-26)49-32-23-21-31(22-24-32)41-37(45)34(25-29-15-9-10-16-33(29)40)43-36(44)27-13-7-4-8-14-27/h3-25,35H,2H2,1H3,(H,41,45)(H,42,46)(H,43,44)/b34-25-. The summed E-state index contributed by atoms with van der Waals surface area (Å²) in [6.45, 7) is 2.01. The molecule has 5 aromatic carbocycles. The first-order chi connectivity index (χ1) is 23.8. The van der Waals surface area contributed by atoms with Crippen LogP contribution in [0.4, 0.5) is 11.4 Å². The zero-order valence-corrected chi connectivity index (χ0v) is 28.0. The van der Waals surface area contributed by atoms with E-state index in [0.717, 1.165) is 10.5 Å². The molecule has 5 aromatic rings. The fraction of sp³-hybridized carbons (Fsp3) is 0.0769. The average molecular weight is 690 g/mol. The van der Waals surface area contributed by atoms with E-state index in [0.29, 0.717) is 33.1 Å². The van der Waals surface area contributed by atoms with Gasteiger partial charge >= 0.3 is 5.97 Å². The fourth-order valence-electron chi connectivity index (χ4n) is 4.65. The van der Waals surface area contributed by atoms with Gasteiger partial charge in [-0.1, -0.05) is 78.3 Å². The number of carbonyl (C=O) groups excluding carboxylic acids is 4. The van der Waals surface area contributed by atoms with Crippen LogP contribution in [0.25, 0.3) is 6.08 Å². The maximum atomic E-state index is 13.6. The molecule has 0 saturated carbocycles. The molecule has 1 atom stereocenters. The Morgan fingerprint density at radius 1 is 0.714 bits per heavy atom. The second kappa shape index (κ2) is 17.0. The third-order valence-corrected chi connectivity index (χ3v) is 8.71. The first kappa shape index (κ1) is 34.7. The van der Waals surface area contributed by atoms with Gasteiger partial charge in [-0.3, -0.25) is 14.4 Å². The summed E-state index contributed by atoms with van der Waals surface area (Å²) in [6, 6.07) is 38.5. The van der Waals surface area contributed by atoms with Gasteiger partial charge in [-0.15, -0.1) is 11.8 Å². The van der Waals surface area contributed by atoms with Crippen LogP contribution in [0.1, 0.15) is 44.0 Å². The Balaban J connectivity index is 1.31. The fourth-order valence-corrected chi connectivity index (χ4v) is 5.87. The highest BCUT2D eigenvalue weighted by molar-refractivity contribution is 8.00. The highest BCUT2D eigenvalue weighted by Crippen LogP contribution is 2.37. The molecule has 0 aromatic heterocycles. The molecule has 0 spiro atoms. The Morgan fingerprint density at radius 3 is 1.96 bits per heavy atom. The van der Waals surface area contributed by atoms with Crippen LogP contribution in [-0.2, 0) is 14.3 Å². The highest BCUT2D eigenvalue weighted by Gasteiger charge is 2.23. The number of amides is 3. The van der Waals surface area contributed by atoms with E-state index in [-0.39, 0.29) is 18.2 Å². The van der Waals surface area contributed by atoms with Gasteiger partial charge in [0.15, 0.2) is 0 Å². The smallest absolute Gasteiger partial charge is 0.338 e. The van der Waals surface area contributed by atoms with Crippen LogP contribution < -0.4 is 16.0 Å². The van der Waals surface area contributed by atoms with E-state index in [1.165, 1.54) is 17.8 Å². The summed E-state index contributed by atoms with van der Waals surface area (Å²) < 4.78 is 5.04. The van der Waals surface area contributed by atoms with Gasteiger partial charge in [-0.25, -0.2) is 4.79 Å². The number of nitrogens with one attached hydrogen (secondary N) is 3. The molecule has 10 heteroatoms. The zero-order valence-electron chi connectivity index (χ0n) is 26.4. The average Bonchev–Trinajstić information content (AvgIpc) is 3.13. The third kappa shape index (κ3) is 9.70. The minimum atomic E-state index is -0.607. The largest absolute Gasteiger partial charge is 0.462 e. The van der Waals surface area contributed by atoms with Crippen molar-refractivity contribution in [3.63, 3.8) is 0 Å². The molecule has 0 aliphatic carbocycles. The predicted octanol–water partition coefficient (Wildman–Crippen LogP) is 8.40. The summed E-state index contributed by atoms with van der Waals surface area (Å²) in [6.07, 6.45) is 1.52. The number of halogens is 1. The molecule has 0 saturated heterocycles. The number of hydrogen-bond donors (Lipinski definition) is 3. The summed E-state index contributed by atoms with van der Waals surface area (Å²) >= 11 is 7.69.